The topological polar surface area (TPSA) is 93.8 Å². The van der Waals surface area contributed by atoms with Crippen molar-refractivity contribution in [3.05, 3.63) is 18.2 Å². The van der Waals surface area contributed by atoms with Crippen LogP contribution in [0.2, 0.25) is 0 Å². The third kappa shape index (κ3) is 2.17. The largest absolute Gasteiger partial charge is 0.480 e. The lowest BCUT2D eigenvalue weighted by molar-refractivity contribution is -0.138. The van der Waals surface area contributed by atoms with Crippen molar-refractivity contribution in [2.24, 2.45) is 5.73 Å². The highest BCUT2D eigenvalue weighted by Crippen LogP contribution is 2.34. The maximum Gasteiger partial charge on any atom is 0.322 e. The predicted octanol–water partition coefficient (Wildman–Crippen LogP) is 0.239. The minimum atomic E-state index is -1.03. The summed E-state index contributed by atoms with van der Waals surface area (Å²) in [6.07, 6.45) is 0. The normalized spacial score (nSPS) is 14.6. The molecule has 1 heterocycles. The van der Waals surface area contributed by atoms with Crippen LogP contribution in [0, 0.1) is 0 Å². The Morgan fingerprint density at radius 1 is 1.50 bits per heavy atom. The van der Waals surface area contributed by atoms with Gasteiger partial charge in [-0.1, -0.05) is 0 Å². The molecule has 0 fully saturated rings. The molecule has 0 amide bonds. The molecule has 16 heavy (non-hydrogen) atoms. The molecule has 0 saturated heterocycles. The van der Waals surface area contributed by atoms with Crippen molar-refractivity contribution in [2.45, 2.75) is 6.04 Å². The number of carbonyl (C=O) groups is 1. The molecule has 2 rings (SSSR count). The van der Waals surface area contributed by atoms with Crippen molar-refractivity contribution in [3.8, 4) is 11.5 Å². The monoisotopic (exact) mass is 224 g/mol. The number of rotatable bonds is 4. The van der Waals surface area contributed by atoms with Gasteiger partial charge in [-0.05, 0) is 12.1 Å². The Bertz CT molecular complexity index is 408. The van der Waals surface area contributed by atoms with E-state index in [4.69, 9.17) is 20.3 Å². The number of carboxylic acids is 1. The number of ether oxygens (including phenoxy) is 2. The number of carboxylic acid groups (broad SMARTS) is 1. The average Bonchev–Trinajstić information content (AvgIpc) is 2.72. The summed E-state index contributed by atoms with van der Waals surface area (Å²) in [5, 5.41) is 11.5. The molecule has 1 aromatic rings. The number of nitrogens with one attached hydrogen (secondary N) is 1. The first kappa shape index (κ1) is 10.6. The van der Waals surface area contributed by atoms with Crippen LogP contribution in [-0.4, -0.2) is 30.5 Å². The molecule has 0 radical (unpaired) electrons. The molecule has 1 aliphatic heterocycles. The van der Waals surface area contributed by atoms with Gasteiger partial charge in [-0.2, -0.15) is 0 Å². The van der Waals surface area contributed by atoms with Crippen molar-refractivity contribution in [2.75, 3.05) is 18.7 Å². The molecule has 1 aromatic carbocycles. The second-order valence-electron chi connectivity index (χ2n) is 3.39. The molecule has 0 spiro atoms. The van der Waals surface area contributed by atoms with Crippen molar-refractivity contribution in [3.63, 3.8) is 0 Å². The summed E-state index contributed by atoms with van der Waals surface area (Å²) in [6.45, 7) is 0.377. The molecule has 4 N–H and O–H groups in total. The minimum absolute atomic E-state index is 0.162. The van der Waals surface area contributed by atoms with E-state index in [0.29, 0.717) is 11.5 Å². The SMILES string of the molecule is NC(CNc1ccc2c(c1)OCO2)C(=O)O. The van der Waals surface area contributed by atoms with Gasteiger partial charge in [0.1, 0.15) is 6.04 Å². The van der Waals surface area contributed by atoms with Crippen molar-refractivity contribution in [1.29, 1.82) is 0 Å². The van der Waals surface area contributed by atoms with Crippen molar-refractivity contribution >= 4 is 11.7 Å². The van der Waals surface area contributed by atoms with Gasteiger partial charge in [0.2, 0.25) is 6.79 Å². The number of nitrogens with two attached hydrogens (primary N) is 1. The summed E-state index contributed by atoms with van der Waals surface area (Å²) in [5.41, 5.74) is 6.11. The van der Waals surface area contributed by atoms with Crippen LogP contribution in [0.15, 0.2) is 18.2 Å². The van der Waals surface area contributed by atoms with E-state index < -0.39 is 12.0 Å². The molecular formula is C10H12N2O4. The smallest absolute Gasteiger partial charge is 0.322 e. The van der Waals surface area contributed by atoms with Gasteiger partial charge in [-0.15, -0.1) is 0 Å². The van der Waals surface area contributed by atoms with Crippen molar-refractivity contribution in [1.82, 2.24) is 0 Å². The first-order valence-corrected chi connectivity index (χ1v) is 4.79. The number of fused-ring (bicyclic) bond motifs is 1. The molecule has 1 atom stereocenters. The zero-order chi connectivity index (χ0) is 11.5. The molecule has 86 valence electrons. The lowest BCUT2D eigenvalue weighted by Gasteiger charge is -2.09. The van der Waals surface area contributed by atoms with E-state index in [0.717, 1.165) is 5.69 Å². The van der Waals surface area contributed by atoms with E-state index in [1.165, 1.54) is 0 Å². The molecular weight excluding hydrogens is 212 g/mol. The van der Waals surface area contributed by atoms with Gasteiger partial charge < -0.3 is 25.6 Å². The average molecular weight is 224 g/mol. The lowest BCUT2D eigenvalue weighted by atomic mass is 10.2. The molecule has 1 unspecified atom stereocenters. The maximum absolute atomic E-state index is 10.5. The summed E-state index contributed by atoms with van der Waals surface area (Å²) < 4.78 is 10.3. The van der Waals surface area contributed by atoms with Gasteiger partial charge in [0.15, 0.2) is 11.5 Å². The fourth-order valence-corrected chi connectivity index (χ4v) is 1.32. The maximum atomic E-state index is 10.5. The zero-order valence-corrected chi connectivity index (χ0v) is 8.47. The van der Waals surface area contributed by atoms with E-state index in [2.05, 4.69) is 5.32 Å². The van der Waals surface area contributed by atoms with Crippen LogP contribution >= 0.6 is 0 Å². The number of benzene rings is 1. The third-order valence-corrected chi connectivity index (χ3v) is 2.22. The number of hydrogen-bond acceptors (Lipinski definition) is 5. The Morgan fingerprint density at radius 3 is 3.00 bits per heavy atom. The van der Waals surface area contributed by atoms with Crippen LogP contribution in [0.25, 0.3) is 0 Å². The highest BCUT2D eigenvalue weighted by molar-refractivity contribution is 5.74. The molecule has 0 bridgehead atoms. The van der Waals surface area contributed by atoms with Crippen LogP contribution < -0.4 is 20.5 Å². The van der Waals surface area contributed by atoms with Gasteiger partial charge in [0.05, 0.1) is 0 Å². The molecule has 0 saturated carbocycles. The zero-order valence-electron chi connectivity index (χ0n) is 8.47. The molecule has 6 heteroatoms. The van der Waals surface area contributed by atoms with Crippen LogP contribution in [0.5, 0.6) is 11.5 Å². The molecule has 0 aliphatic carbocycles. The fourth-order valence-electron chi connectivity index (χ4n) is 1.32. The van der Waals surface area contributed by atoms with Crippen LogP contribution in [0.1, 0.15) is 0 Å². The second kappa shape index (κ2) is 4.28. The van der Waals surface area contributed by atoms with Gasteiger partial charge in [-0.3, -0.25) is 4.79 Å². The summed E-state index contributed by atoms with van der Waals surface area (Å²) in [5.74, 6) is 0.301. The first-order chi connectivity index (χ1) is 7.66. The number of anilines is 1. The molecule has 0 aromatic heterocycles. The summed E-state index contributed by atoms with van der Waals surface area (Å²) in [7, 11) is 0. The Labute approximate surface area is 92.0 Å². The first-order valence-electron chi connectivity index (χ1n) is 4.79. The van der Waals surface area contributed by atoms with E-state index in [1.807, 2.05) is 0 Å². The quantitative estimate of drug-likeness (QED) is 0.678. The summed E-state index contributed by atoms with van der Waals surface area (Å²) >= 11 is 0. The van der Waals surface area contributed by atoms with Crippen LogP contribution in [-0.2, 0) is 4.79 Å². The Morgan fingerprint density at radius 2 is 2.25 bits per heavy atom. The van der Waals surface area contributed by atoms with Crippen molar-refractivity contribution < 1.29 is 19.4 Å². The summed E-state index contributed by atoms with van der Waals surface area (Å²) in [4.78, 5) is 10.5. The van der Waals surface area contributed by atoms with E-state index in [9.17, 15) is 4.79 Å². The van der Waals surface area contributed by atoms with E-state index >= 15 is 0 Å². The van der Waals surface area contributed by atoms with Crippen LogP contribution in [0.3, 0.4) is 0 Å². The van der Waals surface area contributed by atoms with Gasteiger partial charge in [-0.25, -0.2) is 0 Å². The third-order valence-electron chi connectivity index (χ3n) is 2.22. The highest BCUT2D eigenvalue weighted by Gasteiger charge is 2.14. The predicted molar refractivity (Wildman–Crippen MR) is 56.7 cm³/mol. The Kier molecular flexibility index (Phi) is 2.82. The highest BCUT2D eigenvalue weighted by atomic mass is 16.7. The molecule has 6 nitrogen and oxygen atoms in total. The lowest BCUT2D eigenvalue weighted by Crippen LogP contribution is -2.36. The van der Waals surface area contributed by atoms with E-state index in [-0.39, 0.29) is 13.3 Å². The molecule has 1 aliphatic rings. The standard InChI is InChI=1S/C10H12N2O4/c11-7(10(13)14)4-12-6-1-2-8-9(3-6)16-5-15-8/h1-3,7,12H,4-5,11H2,(H,13,14). The number of aliphatic carboxylic acids is 1. The second-order valence-corrected chi connectivity index (χ2v) is 3.39. The number of hydrogen-bond donors (Lipinski definition) is 3. The fraction of sp³-hybridized carbons (Fsp3) is 0.300. The van der Waals surface area contributed by atoms with Gasteiger partial charge >= 0.3 is 5.97 Å². The van der Waals surface area contributed by atoms with E-state index in [1.54, 1.807) is 18.2 Å². The Balaban J connectivity index is 1.98. The Hall–Kier alpha value is -1.95. The van der Waals surface area contributed by atoms with Gasteiger partial charge in [0, 0.05) is 18.3 Å². The summed E-state index contributed by atoms with van der Waals surface area (Å²) in [6, 6.07) is 4.36. The minimum Gasteiger partial charge on any atom is -0.480 e. The van der Waals surface area contributed by atoms with Crippen LogP contribution in [0.4, 0.5) is 5.69 Å². The van der Waals surface area contributed by atoms with Gasteiger partial charge in [0.25, 0.3) is 0 Å².